The smallest absolute Gasteiger partial charge is 0.254 e. The topological polar surface area (TPSA) is 60.5 Å². The molecule has 0 aromatic heterocycles. The summed E-state index contributed by atoms with van der Waals surface area (Å²) in [6.45, 7) is 7.50. The molecule has 2 aliphatic rings. The molecule has 0 aliphatic carbocycles. The average molecular weight is 412 g/mol. The number of nitrogens with zero attached hydrogens (tertiary/aromatic N) is 2. The van der Waals surface area contributed by atoms with E-state index in [1.807, 2.05) is 17.9 Å². The molecule has 0 bridgehead atoms. The monoisotopic (exact) mass is 412 g/mol. The average Bonchev–Trinajstić information content (AvgIpc) is 2.79. The Bertz CT molecular complexity index is 893. The van der Waals surface area contributed by atoms with E-state index in [4.69, 9.17) is 18.9 Å². The number of carbonyl (C=O) groups excluding carboxylic acids is 1. The third-order valence-corrected chi connectivity index (χ3v) is 5.38. The Kier molecular flexibility index (Phi) is 6.28. The highest BCUT2D eigenvalue weighted by Gasteiger charge is 2.23. The lowest BCUT2D eigenvalue weighted by Gasteiger charge is -2.35. The molecule has 1 amide bonds. The first-order valence-electron chi connectivity index (χ1n) is 10.4. The van der Waals surface area contributed by atoms with Gasteiger partial charge in [-0.05, 0) is 42.8 Å². The fourth-order valence-electron chi connectivity index (χ4n) is 3.81. The lowest BCUT2D eigenvalue weighted by molar-refractivity contribution is 0.0627. The molecule has 4 rings (SSSR count). The number of amides is 1. The summed E-state index contributed by atoms with van der Waals surface area (Å²) in [6, 6.07) is 11.5. The van der Waals surface area contributed by atoms with Gasteiger partial charge in [-0.1, -0.05) is 6.07 Å². The van der Waals surface area contributed by atoms with E-state index in [1.54, 1.807) is 25.3 Å². The molecule has 0 N–H and O–H groups in total. The Balaban J connectivity index is 1.35. The summed E-state index contributed by atoms with van der Waals surface area (Å²) in [6.07, 6.45) is 0. The number of fused-ring (bicyclic) bond motifs is 1. The van der Waals surface area contributed by atoms with Gasteiger partial charge in [0.2, 0.25) is 0 Å². The summed E-state index contributed by atoms with van der Waals surface area (Å²) >= 11 is 0. The van der Waals surface area contributed by atoms with Gasteiger partial charge >= 0.3 is 0 Å². The summed E-state index contributed by atoms with van der Waals surface area (Å²) in [5, 5.41) is 0. The van der Waals surface area contributed by atoms with Crippen LogP contribution in [0.25, 0.3) is 0 Å². The number of hydrogen-bond donors (Lipinski definition) is 0. The van der Waals surface area contributed by atoms with E-state index < -0.39 is 0 Å². The zero-order chi connectivity index (χ0) is 20.9. The van der Waals surface area contributed by atoms with Gasteiger partial charge in [0, 0.05) is 38.3 Å². The minimum atomic E-state index is 0.0255. The van der Waals surface area contributed by atoms with Gasteiger partial charge in [-0.15, -0.1) is 0 Å². The standard InChI is InChI=1S/C23H28N2O5/c1-3-28-22-15-18(5-7-19(22)27-2)23(26)25-10-8-24(9-11-25)16-17-4-6-20-21(14-17)30-13-12-29-20/h4-7,14-15H,3,8-13,16H2,1-2H3. The van der Waals surface area contributed by atoms with Crippen LogP contribution in [0.4, 0.5) is 0 Å². The Morgan fingerprint density at radius 3 is 2.47 bits per heavy atom. The maximum Gasteiger partial charge on any atom is 0.254 e. The van der Waals surface area contributed by atoms with E-state index in [0.29, 0.717) is 50.0 Å². The molecule has 30 heavy (non-hydrogen) atoms. The van der Waals surface area contributed by atoms with Crippen molar-refractivity contribution < 1.29 is 23.7 Å². The van der Waals surface area contributed by atoms with Crippen LogP contribution < -0.4 is 18.9 Å². The maximum absolute atomic E-state index is 13.0. The first kappa shape index (κ1) is 20.3. The second-order valence-corrected chi connectivity index (χ2v) is 7.35. The van der Waals surface area contributed by atoms with E-state index in [1.165, 1.54) is 5.56 Å². The van der Waals surface area contributed by atoms with Crippen LogP contribution in [0, 0.1) is 0 Å². The molecule has 0 spiro atoms. The van der Waals surface area contributed by atoms with Crippen LogP contribution in [0.2, 0.25) is 0 Å². The minimum absolute atomic E-state index is 0.0255. The quantitative estimate of drug-likeness (QED) is 0.727. The summed E-state index contributed by atoms with van der Waals surface area (Å²) in [7, 11) is 1.60. The molecular formula is C23H28N2O5. The number of ether oxygens (including phenoxy) is 4. The van der Waals surface area contributed by atoms with Gasteiger partial charge in [-0.3, -0.25) is 9.69 Å². The molecule has 7 heteroatoms. The van der Waals surface area contributed by atoms with Gasteiger partial charge in [0.15, 0.2) is 23.0 Å². The number of hydrogen-bond acceptors (Lipinski definition) is 6. The molecule has 160 valence electrons. The largest absolute Gasteiger partial charge is 0.493 e. The van der Waals surface area contributed by atoms with Crippen molar-refractivity contribution in [3.05, 3.63) is 47.5 Å². The molecule has 0 radical (unpaired) electrons. The van der Waals surface area contributed by atoms with Crippen molar-refractivity contribution in [2.75, 3.05) is 53.1 Å². The zero-order valence-electron chi connectivity index (χ0n) is 17.6. The van der Waals surface area contributed by atoms with E-state index in [9.17, 15) is 4.79 Å². The molecule has 2 heterocycles. The van der Waals surface area contributed by atoms with Crippen LogP contribution in [0.3, 0.4) is 0 Å². The third-order valence-electron chi connectivity index (χ3n) is 5.38. The molecule has 2 aromatic carbocycles. The van der Waals surface area contributed by atoms with Crippen molar-refractivity contribution in [1.29, 1.82) is 0 Å². The molecule has 7 nitrogen and oxygen atoms in total. The van der Waals surface area contributed by atoms with Crippen molar-refractivity contribution in [2.45, 2.75) is 13.5 Å². The van der Waals surface area contributed by atoms with Crippen molar-refractivity contribution in [3.8, 4) is 23.0 Å². The minimum Gasteiger partial charge on any atom is -0.493 e. The van der Waals surface area contributed by atoms with Crippen molar-refractivity contribution >= 4 is 5.91 Å². The van der Waals surface area contributed by atoms with Crippen LogP contribution in [0.5, 0.6) is 23.0 Å². The Morgan fingerprint density at radius 2 is 1.73 bits per heavy atom. The van der Waals surface area contributed by atoms with Crippen LogP contribution in [-0.4, -0.2) is 68.8 Å². The third kappa shape index (κ3) is 4.46. The van der Waals surface area contributed by atoms with Crippen LogP contribution in [-0.2, 0) is 6.54 Å². The lowest BCUT2D eigenvalue weighted by atomic mass is 10.1. The van der Waals surface area contributed by atoms with E-state index >= 15 is 0 Å². The number of benzene rings is 2. The van der Waals surface area contributed by atoms with Gasteiger partial charge in [-0.25, -0.2) is 0 Å². The normalized spacial score (nSPS) is 16.3. The van der Waals surface area contributed by atoms with Crippen LogP contribution >= 0.6 is 0 Å². The predicted molar refractivity (Wildman–Crippen MR) is 113 cm³/mol. The molecule has 1 fully saturated rings. The van der Waals surface area contributed by atoms with Crippen molar-refractivity contribution in [2.24, 2.45) is 0 Å². The number of piperazine rings is 1. The highest BCUT2D eigenvalue weighted by Crippen LogP contribution is 2.31. The summed E-state index contributed by atoms with van der Waals surface area (Å²) in [5.74, 6) is 2.89. The predicted octanol–water partition coefficient (Wildman–Crippen LogP) is 2.82. The van der Waals surface area contributed by atoms with Gasteiger partial charge in [0.1, 0.15) is 13.2 Å². The van der Waals surface area contributed by atoms with Gasteiger partial charge in [-0.2, -0.15) is 0 Å². The Hall–Kier alpha value is -2.93. The zero-order valence-corrected chi connectivity index (χ0v) is 17.6. The van der Waals surface area contributed by atoms with Gasteiger partial charge < -0.3 is 23.8 Å². The second-order valence-electron chi connectivity index (χ2n) is 7.35. The molecule has 2 aromatic rings. The van der Waals surface area contributed by atoms with Crippen molar-refractivity contribution in [3.63, 3.8) is 0 Å². The highest BCUT2D eigenvalue weighted by molar-refractivity contribution is 5.95. The van der Waals surface area contributed by atoms with E-state index in [-0.39, 0.29) is 5.91 Å². The van der Waals surface area contributed by atoms with Crippen LogP contribution in [0.1, 0.15) is 22.8 Å². The number of methoxy groups -OCH3 is 1. The Morgan fingerprint density at radius 1 is 0.967 bits per heavy atom. The summed E-state index contributed by atoms with van der Waals surface area (Å²) < 4.78 is 22.2. The molecular weight excluding hydrogens is 384 g/mol. The second kappa shape index (κ2) is 9.26. The fourth-order valence-corrected chi connectivity index (χ4v) is 3.81. The van der Waals surface area contributed by atoms with E-state index in [2.05, 4.69) is 17.0 Å². The van der Waals surface area contributed by atoms with Crippen LogP contribution in [0.15, 0.2) is 36.4 Å². The summed E-state index contributed by atoms with van der Waals surface area (Å²) in [5.41, 5.74) is 1.81. The first-order chi connectivity index (χ1) is 14.7. The molecule has 2 aliphatic heterocycles. The molecule has 0 saturated carbocycles. The number of carbonyl (C=O) groups is 1. The van der Waals surface area contributed by atoms with Crippen molar-refractivity contribution in [1.82, 2.24) is 9.80 Å². The van der Waals surface area contributed by atoms with E-state index in [0.717, 1.165) is 31.1 Å². The fraction of sp³-hybridized carbons (Fsp3) is 0.435. The first-order valence-corrected chi connectivity index (χ1v) is 10.4. The maximum atomic E-state index is 13.0. The highest BCUT2D eigenvalue weighted by atomic mass is 16.6. The SMILES string of the molecule is CCOc1cc(C(=O)N2CCN(Cc3ccc4c(c3)OCCO4)CC2)ccc1OC. The lowest BCUT2D eigenvalue weighted by Crippen LogP contribution is -2.48. The Labute approximate surface area is 177 Å². The number of rotatable bonds is 6. The van der Waals surface area contributed by atoms with Gasteiger partial charge in [0.05, 0.1) is 13.7 Å². The molecule has 0 atom stereocenters. The molecule has 1 saturated heterocycles. The molecule has 0 unspecified atom stereocenters. The summed E-state index contributed by atoms with van der Waals surface area (Å²) in [4.78, 5) is 17.2. The van der Waals surface area contributed by atoms with Gasteiger partial charge in [0.25, 0.3) is 5.91 Å².